The Morgan fingerprint density at radius 3 is 2.29 bits per heavy atom. The van der Waals surface area contributed by atoms with E-state index >= 15 is 0 Å². The quantitative estimate of drug-likeness (QED) is 0.371. The Balaban J connectivity index is 1.57. The molecule has 0 spiro atoms. The van der Waals surface area contributed by atoms with Crippen LogP contribution in [0.15, 0.2) is 78.9 Å². The van der Waals surface area contributed by atoms with Crippen LogP contribution in [0.4, 0.5) is 11.4 Å². The second-order valence-corrected chi connectivity index (χ2v) is 8.05. The molecule has 0 aromatic heterocycles. The maximum absolute atomic E-state index is 12.9. The van der Waals surface area contributed by atoms with E-state index in [4.69, 9.17) is 4.74 Å². The third kappa shape index (κ3) is 7.37. The molecule has 3 rings (SSSR count). The molecule has 0 unspecified atom stereocenters. The Bertz CT molecular complexity index is 1060. The van der Waals surface area contributed by atoms with Crippen LogP contribution in [0.1, 0.15) is 42.6 Å². The molecule has 0 bridgehead atoms. The number of ether oxygens (including phenoxy) is 1. The maximum Gasteiger partial charge on any atom is 0.253 e. The number of carbonyl (C=O) groups excluding carboxylic acids is 2. The van der Waals surface area contributed by atoms with Gasteiger partial charge in [0.15, 0.2) is 0 Å². The number of anilines is 2. The van der Waals surface area contributed by atoms with Crippen LogP contribution < -0.4 is 15.4 Å². The van der Waals surface area contributed by atoms with Gasteiger partial charge < -0.3 is 20.3 Å². The highest BCUT2D eigenvalue weighted by atomic mass is 16.5. The summed E-state index contributed by atoms with van der Waals surface area (Å²) in [6, 6.07) is 24.5. The van der Waals surface area contributed by atoms with E-state index in [-0.39, 0.29) is 18.4 Å². The van der Waals surface area contributed by atoms with Gasteiger partial charge in [-0.2, -0.15) is 0 Å². The van der Waals surface area contributed by atoms with E-state index in [1.54, 1.807) is 6.07 Å². The predicted molar refractivity (Wildman–Crippen MR) is 137 cm³/mol. The van der Waals surface area contributed by atoms with Gasteiger partial charge in [0.25, 0.3) is 5.91 Å². The molecule has 0 saturated carbocycles. The largest absolute Gasteiger partial charge is 0.487 e. The van der Waals surface area contributed by atoms with Gasteiger partial charge in [-0.3, -0.25) is 9.59 Å². The summed E-state index contributed by atoms with van der Waals surface area (Å²) in [7, 11) is 0. The molecule has 6 nitrogen and oxygen atoms in total. The van der Waals surface area contributed by atoms with Gasteiger partial charge in [-0.1, -0.05) is 62.4 Å². The van der Waals surface area contributed by atoms with Gasteiger partial charge in [0.05, 0.1) is 12.2 Å². The minimum absolute atomic E-state index is 0.0151. The van der Waals surface area contributed by atoms with E-state index in [0.717, 1.165) is 37.2 Å². The lowest BCUT2D eigenvalue weighted by atomic mass is 10.1. The van der Waals surface area contributed by atoms with Crippen LogP contribution in [0.3, 0.4) is 0 Å². The molecule has 3 aromatic carbocycles. The molecule has 0 aliphatic rings. The zero-order valence-corrected chi connectivity index (χ0v) is 19.9. The maximum atomic E-state index is 12.9. The number of para-hydroxylation sites is 2. The fraction of sp³-hybridized carbons (Fsp3) is 0.286. The molecule has 2 N–H and O–H groups in total. The number of hydrogen-bond acceptors (Lipinski definition) is 4. The molecule has 0 fully saturated rings. The number of nitrogens with one attached hydrogen (secondary N) is 2. The average molecular weight is 460 g/mol. The van der Waals surface area contributed by atoms with Crippen molar-refractivity contribution < 1.29 is 14.3 Å². The van der Waals surface area contributed by atoms with E-state index in [1.807, 2.05) is 77.7 Å². The Hall–Kier alpha value is -3.80. The average Bonchev–Trinajstić information content (AvgIpc) is 2.87. The molecule has 3 aromatic rings. The summed E-state index contributed by atoms with van der Waals surface area (Å²) in [5.74, 6) is 0.423. The van der Waals surface area contributed by atoms with Gasteiger partial charge in [-0.05, 0) is 48.7 Å². The molecule has 2 amide bonds. The molecular formula is C28H33N3O3. The summed E-state index contributed by atoms with van der Waals surface area (Å²) in [4.78, 5) is 27.3. The van der Waals surface area contributed by atoms with Crippen LogP contribution in [-0.2, 0) is 11.4 Å². The SMILES string of the molecule is CCCN(CCC)C(=O)c1cccc(NCC(=O)Nc2ccccc2OCc2ccccc2)c1. The summed E-state index contributed by atoms with van der Waals surface area (Å²) < 4.78 is 5.91. The normalized spacial score (nSPS) is 10.4. The molecule has 0 aliphatic heterocycles. The Kier molecular flexibility index (Phi) is 9.52. The van der Waals surface area contributed by atoms with Crippen molar-refractivity contribution in [1.29, 1.82) is 0 Å². The summed E-state index contributed by atoms with van der Waals surface area (Å²) in [5, 5.41) is 6.02. The van der Waals surface area contributed by atoms with E-state index in [2.05, 4.69) is 24.5 Å². The lowest BCUT2D eigenvalue weighted by molar-refractivity contribution is -0.114. The Labute approximate surface area is 201 Å². The smallest absolute Gasteiger partial charge is 0.253 e. The van der Waals surface area contributed by atoms with Crippen molar-refractivity contribution in [1.82, 2.24) is 4.90 Å². The monoisotopic (exact) mass is 459 g/mol. The summed E-state index contributed by atoms with van der Waals surface area (Å²) in [6.07, 6.45) is 1.83. The number of benzene rings is 3. The summed E-state index contributed by atoms with van der Waals surface area (Å²) >= 11 is 0. The highest BCUT2D eigenvalue weighted by molar-refractivity contribution is 5.96. The molecule has 0 heterocycles. The predicted octanol–water partition coefficient (Wildman–Crippen LogP) is 5.58. The lowest BCUT2D eigenvalue weighted by Crippen LogP contribution is -2.32. The topological polar surface area (TPSA) is 70.7 Å². The van der Waals surface area contributed by atoms with Crippen LogP contribution in [-0.4, -0.2) is 36.3 Å². The third-order valence-electron chi connectivity index (χ3n) is 5.24. The molecule has 0 saturated heterocycles. The number of hydrogen-bond donors (Lipinski definition) is 2. The fourth-order valence-electron chi connectivity index (χ4n) is 3.61. The summed E-state index contributed by atoms with van der Waals surface area (Å²) in [6.45, 7) is 6.09. The van der Waals surface area contributed by atoms with Crippen LogP contribution in [0, 0.1) is 0 Å². The van der Waals surface area contributed by atoms with Crippen molar-refractivity contribution in [3.8, 4) is 5.75 Å². The summed E-state index contributed by atoms with van der Waals surface area (Å²) in [5.41, 5.74) is 3.01. The molecular weight excluding hydrogens is 426 g/mol. The van der Waals surface area contributed by atoms with Crippen molar-refractivity contribution in [3.63, 3.8) is 0 Å². The first kappa shape index (κ1) is 24.8. The number of carbonyl (C=O) groups is 2. The molecule has 34 heavy (non-hydrogen) atoms. The lowest BCUT2D eigenvalue weighted by Gasteiger charge is -2.21. The van der Waals surface area contributed by atoms with Crippen molar-refractivity contribution in [2.45, 2.75) is 33.3 Å². The highest BCUT2D eigenvalue weighted by Gasteiger charge is 2.15. The van der Waals surface area contributed by atoms with Gasteiger partial charge in [0, 0.05) is 24.3 Å². The first-order valence-corrected chi connectivity index (χ1v) is 11.8. The molecule has 178 valence electrons. The second kappa shape index (κ2) is 13.0. The van der Waals surface area contributed by atoms with E-state index in [0.29, 0.717) is 23.6 Å². The zero-order valence-electron chi connectivity index (χ0n) is 19.9. The van der Waals surface area contributed by atoms with Gasteiger partial charge in [0.1, 0.15) is 12.4 Å². The van der Waals surface area contributed by atoms with Crippen LogP contribution in [0.5, 0.6) is 5.75 Å². The Morgan fingerprint density at radius 1 is 0.853 bits per heavy atom. The van der Waals surface area contributed by atoms with Crippen LogP contribution in [0.25, 0.3) is 0 Å². The molecule has 0 aliphatic carbocycles. The number of amides is 2. The minimum Gasteiger partial charge on any atom is -0.487 e. The number of nitrogens with zero attached hydrogens (tertiary/aromatic N) is 1. The van der Waals surface area contributed by atoms with Crippen LogP contribution >= 0.6 is 0 Å². The first-order valence-electron chi connectivity index (χ1n) is 11.8. The Morgan fingerprint density at radius 2 is 1.56 bits per heavy atom. The first-order chi connectivity index (χ1) is 16.6. The van der Waals surface area contributed by atoms with E-state index in [9.17, 15) is 9.59 Å². The number of rotatable bonds is 12. The van der Waals surface area contributed by atoms with Gasteiger partial charge >= 0.3 is 0 Å². The molecule has 0 radical (unpaired) electrons. The highest BCUT2D eigenvalue weighted by Crippen LogP contribution is 2.24. The van der Waals surface area contributed by atoms with Crippen molar-refractivity contribution in [3.05, 3.63) is 90.0 Å². The standard InChI is InChI=1S/C28H33N3O3/c1-3-17-31(18-4-2)28(33)23-13-10-14-24(19-23)29-20-27(32)30-25-15-8-9-16-26(25)34-21-22-11-6-5-7-12-22/h5-16,19,29H,3-4,17-18,20-21H2,1-2H3,(H,30,32). The van der Waals surface area contributed by atoms with Crippen LogP contribution in [0.2, 0.25) is 0 Å². The molecule has 6 heteroatoms. The third-order valence-corrected chi connectivity index (χ3v) is 5.24. The van der Waals surface area contributed by atoms with Gasteiger partial charge in [-0.25, -0.2) is 0 Å². The molecule has 0 atom stereocenters. The second-order valence-electron chi connectivity index (χ2n) is 8.05. The minimum atomic E-state index is -0.203. The van der Waals surface area contributed by atoms with Gasteiger partial charge in [-0.15, -0.1) is 0 Å². The van der Waals surface area contributed by atoms with Gasteiger partial charge in [0.2, 0.25) is 5.91 Å². The van der Waals surface area contributed by atoms with Crippen molar-refractivity contribution in [2.75, 3.05) is 30.3 Å². The fourth-order valence-corrected chi connectivity index (χ4v) is 3.61. The van der Waals surface area contributed by atoms with E-state index < -0.39 is 0 Å². The van der Waals surface area contributed by atoms with Crippen molar-refractivity contribution >= 4 is 23.2 Å². The van der Waals surface area contributed by atoms with Crippen molar-refractivity contribution in [2.24, 2.45) is 0 Å². The van der Waals surface area contributed by atoms with E-state index in [1.165, 1.54) is 0 Å². The zero-order chi connectivity index (χ0) is 24.2.